The van der Waals surface area contributed by atoms with E-state index in [1.54, 1.807) is 4.90 Å². The Balaban J connectivity index is 1.55. The van der Waals surface area contributed by atoms with Gasteiger partial charge in [-0.3, -0.25) is 9.59 Å². The summed E-state index contributed by atoms with van der Waals surface area (Å²) in [7, 11) is -3.37. The maximum atomic E-state index is 12.9. The number of carbonyl (C=O) groups is 2. The van der Waals surface area contributed by atoms with Crippen LogP contribution in [0.4, 0.5) is 5.69 Å². The molecule has 2 aliphatic rings. The molecule has 148 valence electrons. The molecule has 0 atom stereocenters. The fraction of sp³-hybridized carbons (Fsp3) is 0.600. The van der Waals surface area contributed by atoms with Gasteiger partial charge in [0.15, 0.2) is 9.84 Å². The maximum Gasteiger partial charge on any atom is 0.237 e. The molecule has 0 bridgehead atoms. The summed E-state index contributed by atoms with van der Waals surface area (Å²) in [6.45, 7) is 5.26. The van der Waals surface area contributed by atoms with Gasteiger partial charge < -0.3 is 9.80 Å². The van der Waals surface area contributed by atoms with Crippen LogP contribution in [0.5, 0.6) is 0 Å². The molecule has 0 aromatic heterocycles. The smallest absolute Gasteiger partial charge is 0.237 e. The number of hydrogen-bond donors (Lipinski definition) is 0. The third-order valence-corrected chi connectivity index (χ3v) is 7.14. The second-order valence-electron chi connectivity index (χ2n) is 7.97. The number of nitrogens with zero attached hydrogens (tertiary/aromatic N) is 2. The Hall–Kier alpha value is -1.89. The Morgan fingerprint density at radius 2 is 1.78 bits per heavy atom. The monoisotopic (exact) mass is 392 g/mol. The number of sulfone groups is 1. The lowest BCUT2D eigenvalue weighted by atomic mass is 9.95. The number of anilines is 1. The lowest BCUT2D eigenvalue weighted by Gasteiger charge is -2.33. The lowest BCUT2D eigenvalue weighted by Crippen LogP contribution is -2.45. The van der Waals surface area contributed by atoms with E-state index in [0.29, 0.717) is 32.5 Å². The number of carbonyl (C=O) groups excluding carboxylic acids is 2. The standard InChI is InChI=1S/C20H28N2O4S/c1-15(2)13-27(25,26)14-19(23)21-10-7-17(8-11-21)20(24)22-12-9-16-5-3-4-6-18(16)22/h3-6,15,17H,7-14H2,1-2H3. The predicted octanol–water partition coefficient (Wildman–Crippen LogP) is 1.89. The van der Waals surface area contributed by atoms with Crippen molar-refractivity contribution in [2.24, 2.45) is 11.8 Å². The topological polar surface area (TPSA) is 74.8 Å². The summed E-state index contributed by atoms with van der Waals surface area (Å²) in [5.74, 6) is -0.708. The van der Waals surface area contributed by atoms with E-state index in [1.807, 2.05) is 36.9 Å². The van der Waals surface area contributed by atoms with Crippen molar-refractivity contribution in [1.82, 2.24) is 4.90 Å². The molecule has 1 aromatic carbocycles. The van der Waals surface area contributed by atoms with Crippen LogP contribution in [-0.4, -0.2) is 56.3 Å². The molecular weight excluding hydrogens is 364 g/mol. The van der Waals surface area contributed by atoms with Gasteiger partial charge in [-0.05, 0) is 36.8 Å². The Kier molecular flexibility index (Phi) is 5.89. The average Bonchev–Trinajstić information content (AvgIpc) is 3.03. The minimum Gasteiger partial charge on any atom is -0.342 e. The third kappa shape index (κ3) is 4.69. The molecule has 0 radical (unpaired) electrons. The lowest BCUT2D eigenvalue weighted by molar-refractivity contribution is -0.132. The second-order valence-corrected chi connectivity index (χ2v) is 10.1. The second kappa shape index (κ2) is 8.00. The summed E-state index contributed by atoms with van der Waals surface area (Å²) in [6.07, 6.45) is 2.06. The van der Waals surface area contributed by atoms with Crippen molar-refractivity contribution >= 4 is 27.3 Å². The molecule has 7 heteroatoms. The molecule has 1 aromatic rings. The van der Waals surface area contributed by atoms with E-state index in [2.05, 4.69) is 6.07 Å². The minimum absolute atomic E-state index is 0.00879. The van der Waals surface area contributed by atoms with E-state index < -0.39 is 15.6 Å². The Morgan fingerprint density at radius 3 is 2.44 bits per heavy atom. The van der Waals surface area contributed by atoms with Gasteiger partial charge >= 0.3 is 0 Å². The SMILES string of the molecule is CC(C)CS(=O)(=O)CC(=O)N1CCC(C(=O)N2CCc3ccccc32)CC1. The fourth-order valence-corrected chi connectivity index (χ4v) is 5.70. The highest BCUT2D eigenvalue weighted by atomic mass is 32.2. The van der Waals surface area contributed by atoms with Gasteiger partial charge in [0.1, 0.15) is 5.75 Å². The van der Waals surface area contributed by atoms with Crippen LogP contribution in [0.15, 0.2) is 24.3 Å². The molecule has 0 aliphatic carbocycles. The Bertz CT molecular complexity index is 811. The molecule has 2 amide bonds. The molecule has 0 unspecified atom stereocenters. The zero-order valence-corrected chi connectivity index (χ0v) is 16.9. The zero-order chi connectivity index (χ0) is 19.6. The van der Waals surface area contributed by atoms with Gasteiger partial charge in [0.05, 0.1) is 5.75 Å². The van der Waals surface area contributed by atoms with Gasteiger partial charge in [0.2, 0.25) is 11.8 Å². The summed E-state index contributed by atoms with van der Waals surface area (Å²) < 4.78 is 24.1. The maximum absolute atomic E-state index is 12.9. The number of rotatable bonds is 5. The van der Waals surface area contributed by atoms with Gasteiger partial charge in [-0.1, -0.05) is 32.0 Å². The van der Waals surface area contributed by atoms with Crippen LogP contribution in [-0.2, 0) is 25.8 Å². The number of amides is 2. The van der Waals surface area contributed by atoms with Crippen molar-refractivity contribution in [3.05, 3.63) is 29.8 Å². The third-order valence-electron chi connectivity index (χ3n) is 5.28. The van der Waals surface area contributed by atoms with E-state index in [-0.39, 0.29) is 29.4 Å². The first kappa shape index (κ1) is 19.9. The highest BCUT2D eigenvalue weighted by Crippen LogP contribution is 2.31. The Labute approximate surface area is 161 Å². The van der Waals surface area contributed by atoms with Crippen LogP contribution in [0.2, 0.25) is 0 Å². The first-order chi connectivity index (χ1) is 12.8. The minimum atomic E-state index is -3.37. The van der Waals surface area contributed by atoms with E-state index in [0.717, 1.165) is 12.1 Å². The molecule has 2 aliphatic heterocycles. The molecule has 3 rings (SSSR count). The summed E-state index contributed by atoms with van der Waals surface area (Å²) in [6, 6.07) is 7.98. The summed E-state index contributed by atoms with van der Waals surface area (Å²) in [5.41, 5.74) is 2.20. The molecule has 0 spiro atoms. The van der Waals surface area contributed by atoms with Crippen molar-refractivity contribution in [2.75, 3.05) is 36.0 Å². The molecular formula is C20H28N2O4S. The molecule has 6 nitrogen and oxygen atoms in total. The number of piperidine rings is 1. The number of likely N-dealkylation sites (tertiary alicyclic amines) is 1. The van der Waals surface area contributed by atoms with E-state index >= 15 is 0 Å². The number of hydrogen-bond acceptors (Lipinski definition) is 4. The first-order valence-corrected chi connectivity index (χ1v) is 11.5. The molecule has 1 saturated heterocycles. The van der Waals surface area contributed by atoms with Gasteiger partial charge in [0, 0.05) is 31.2 Å². The number of benzene rings is 1. The van der Waals surface area contributed by atoms with Crippen LogP contribution < -0.4 is 4.90 Å². The van der Waals surface area contributed by atoms with Crippen molar-refractivity contribution < 1.29 is 18.0 Å². The number of para-hydroxylation sites is 1. The van der Waals surface area contributed by atoms with E-state index in [4.69, 9.17) is 0 Å². The van der Waals surface area contributed by atoms with Crippen LogP contribution in [0.3, 0.4) is 0 Å². The highest BCUT2D eigenvalue weighted by Gasteiger charge is 2.34. The van der Waals surface area contributed by atoms with Gasteiger partial charge in [-0.2, -0.15) is 0 Å². The van der Waals surface area contributed by atoms with Crippen LogP contribution >= 0.6 is 0 Å². The van der Waals surface area contributed by atoms with Crippen LogP contribution in [0.1, 0.15) is 32.3 Å². The van der Waals surface area contributed by atoms with Gasteiger partial charge in [-0.25, -0.2) is 8.42 Å². The number of fused-ring (bicyclic) bond motifs is 1. The fourth-order valence-electron chi connectivity index (χ4n) is 4.01. The Morgan fingerprint density at radius 1 is 1.11 bits per heavy atom. The summed E-state index contributed by atoms with van der Waals surface area (Å²) in [4.78, 5) is 28.7. The predicted molar refractivity (Wildman–Crippen MR) is 105 cm³/mol. The molecule has 0 N–H and O–H groups in total. The molecule has 27 heavy (non-hydrogen) atoms. The van der Waals surface area contributed by atoms with Crippen molar-refractivity contribution in [3.8, 4) is 0 Å². The first-order valence-electron chi connectivity index (χ1n) is 9.64. The quantitative estimate of drug-likeness (QED) is 0.767. The van der Waals surface area contributed by atoms with Crippen molar-refractivity contribution in [1.29, 1.82) is 0 Å². The van der Waals surface area contributed by atoms with Crippen LogP contribution in [0, 0.1) is 11.8 Å². The molecule has 2 heterocycles. The molecule has 1 fully saturated rings. The summed E-state index contributed by atoms with van der Waals surface area (Å²) in [5, 5.41) is 0. The zero-order valence-electron chi connectivity index (χ0n) is 16.1. The normalized spacial score (nSPS) is 18.0. The van der Waals surface area contributed by atoms with E-state index in [9.17, 15) is 18.0 Å². The largest absolute Gasteiger partial charge is 0.342 e. The van der Waals surface area contributed by atoms with E-state index in [1.165, 1.54) is 5.56 Å². The molecule has 0 saturated carbocycles. The van der Waals surface area contributed by atoms with Crippen molar-refractivity contribution in [2.45, 2.75) is 33.1 Å². The van der Waals surface area contributed by atoms with Gasteiger partial charge in [-0.15, -0.1) is 0 Å². The van der Waals surface area contributed by atoms with Crippen molar-refractivity contribution in [3.63, 3.8) is 0 Å². The van der Waals surface area contributed by atoms with Gasteiger partial charge in [0.25, 0.3) is 0 Å². The summed E-state index contributed by atoms with van der Waals surface area (Å²) >= 11 is 0. The average molecular weight is 393 g/mol. The highest BCUT2D eigenvalue weighted by molar-refractivity contribution is 7.92. The van der Waals surface area contributed by atoms with Crippen LogP contribution in [0.25, 0.3) is 0 Å².